The van der Waals surface area contributed by atoms with E-state index < -0.39 is 0 Å². The van der Waals surface area contributed by atoms with Crippen LogP contribution in [0.4, 0.5) is 0 Å². The molecule has 1 heterocycles. The van der Waals surface area contributed by atoms with E-state index in [2.05, 4.69) is 34.5 Å². The van der Waals surface area contributed by atoms with E-state index in [0.29, 0.717) is 24.2 Å². The molecule has 0 spiro atoms. The van der Waals surface area contributed by atoms with Gasteiger partial charge in [0.2, 0.25) is 0 Å². The Kier molecular flexibility index (Phi) is 2.72. The van der Waals surface area contributed by atoms with Crippen LogP contribution >= 0.6 is 0 Å². The summed E-state index contributed by atoms with van der Waals surface area (Å²) in [6, 6.07) is 2.13. The Hall–Kier alpha value is -0.640. The lowest BCUT2D eigenvalue weighted by atomic mass is 9.87. The summed E-state index contributed by atoms with van der Waals surface area (Å²) in [6.45, 7) is 4.37. The van der Waals surface area contributed by atoms with Gasteiger partial charge in [-0.15, -0.1) is 0 Å². The summed E-state index contributed by atoms with van der Waals surface area (Å²) in [5, 5.41) is 14.2. The highest BCUT2D eigenvalue weighted by molar-refractivity contribution is 4.95. The lowest BCUT2D eigenvalue weighted by Crippen LogP contribution is -2.47. The Bertz CT molecular complexity index is 226. The van der Waals surface area contributed by atoms with Crippen molar-refractivity contribution >= 4 is 0 Å². The minimum absolute atomic E-state index is 0.460. The molecule has 4 nitrogen and oxygen atoms in total. The largest absolute Gasteiger partial charge is 0.317 e. The van der Waals surface area contributed by atoms with Crippen LogP contribution in [0.25, 0.3) is 0 Å². The van der Waals surface area contributed by atoms with E-state index in [4.69, 9.17) is 0 Å². The maximum absolute atomic E-state index is 4.35. The van der Waals surface area contributed by atoms with Crippen molar-refractivity contribution in [3.63, 3.8) is 0 Å². The van der Waals surface area contributed by atoms with Crippen molar-refractivity contribution in [1.82, 2.24) is 10.3 Å². The quantitative estimate of drug-likeness (QED) is 0.728. The van der Waals surface area contributed by atoms with Crippen LogP contribution in [0.2, 0.25) is 0 Å². The first-order chi connectivity index (χ1) is 6.72. The molecule has 1 aliphatic carbocycles. The molecule has 0 radical (unpaired) electrons. The van der Waals surface area contributed by atoms with Crippen molar-refractivity contribution < 1.29 is 0 Å². The smallest absolute Gasteiger partial charge is 0.0951 e. The Morgan fingerprint density at radius 2 is 2.14 bits per heavy atom. The number of fused-ring (bicyclic) bond motifs is 1. The fraction of sp³-hybridized carbons (Fsp3) is 1.00. The molecule has 14 heavy (non-hydrogen) atoms. The molecule has 0 bridgehead atoms. The SMILES string of the molecule is CNC1CCC2N=NN(C(C)C)C2C1. The minimum Gasteiger partial charge on any atom is -0.317 e. The summed E-state index contributed by atoms with van der Waals surface area (Å²) in [4.78, 5) is 0. The van der Waals surface area contributed by atoms with Gasteiger partial charge in [0.1, 0.15) is 0 Å². The van der Waals surface area contributed by atoms with Crippen LogP contribution in [0.3, 0.4) is 0 Å². The lowest BCUT2D eigenvalue weighted by Gasteiger charge is -2.35. The second kappa shape index (κ2) is 3.85. The van der Waals surface area contributed by atoms with Crippen LogP contribution in [-0.4, -0.2) is 36.2 Å². The van der Waals surface area contributed by atoms with Gasteiger partial charge in [-0.3, -0.25) is 5.01 Å². The van der Waals surface area contributed by atoms with Crippen LogP contribution in [0, 0.1) is 0 Å². The molecule has 80 valence electrons. The first-order valence-electron chi connectivity index (χ1n) is 5.58. The highest BCUT2D eigenvalue weighted by Crippen LogP contribution is 2.32. The van der Waals surface area contributed by atoms with Gasteiger partial charge in [0.05, 0.1) is 12.1 Å². The van der Waals surface area contributed by atoms with Gasteiger partial charge < -0.3 is 5.32 Å². The molecule has 2 aliphatic rings. The summed E-state index contributed by atoms with van der Waals surface area (Å²) >= 11 is 0. The molecule has 0 amide bonds. The van der Waals surface area contributed by atoms with E-state index in [0.717, 1.165) is 0 Å². The van der Waals surface area contributed by atoms with Crippen molar-refractivity contribution in [2.45, 2.75) is 57.3 Å². The van der Waals surface area contributed by atoms with E-state index in [1.54, 1.807) is 0 Å². The van der Waals surface area contributed by atoms with Crippen LogP contribution in [0.15, 0.2) is 10.3 Å². The van der Waals surface area contributed by atoms with Crippen LogP contribution in [-0.2, 0) is 0 Å². The Labute approximate surface area is 85.7 Å². The normalized spacial score (nSPS) is 36.6. The third-order valence-corrected chi connectivity index (χ3v) is 3.36. The number of rotatable bonds is 2. The molecule has 0 saturated heterocycles. The maximum Gasteiger partial charge on any atom is 0.0951 e. The number of nitrogens with zero attached hydrogens (tertiary/aromatic N) is 3. The van der Waals surface area contributed by atoms with E-state index in [9.17, 15) is 0 Å². The number of hydrogen-bond acceptors (Lipinski definition) is 4. The molecule has 1 fully saturated rings. The minimum atomic E-state index is 0.460. The molecule has 0 aromatic carbocycles. The summed E-state index contributed by atoms with van der Waals surface area (Å²) in [7, 11) is 2.05. The third-order valence-electron chi connectivity index (χ3n) is 3.36. The maximum atomic E-state index is 4.35. The van der Waals surface area contributed by atoms with E-state index in [1.165, 1.54) is 19.3 Å². The van der Waals surface area contributed by atoms with Gasteiger partial charge in [-0.2, -0.15) is 5.11 Å². The molecule has 0 aromatic rings. The standard InChI is InChI=1S/C10H20N4/c1-7(2)14-10-6-8(11-3)4-5-9(10)12-13-14/h7-11H,4-6H2,1-3H3. The Balaban J connectivity index is 2.03. The zero-order valence-corrected chi connectivity index (χ0v) is 9.27. The Morgan fingerprint density at radius 3 is 2.79 bits per heavy atom. The van der Waals surface area contributed by atoms with Gasteiger partial charge >= 0.3 is 0 Å². The van der Waals surface area contributed by atoms with Crippen molar-refractivity contribution in [3.05, 3.63) is 0 Å². The molecular weight excluding hydrogens is 176 g/mol. The molecule has 1 N–H and O–H groups in total. The fourth-order valence-corrected chi connectivity index (χ4v) is 2.49. The molecule has 3 unspecified atom stereocenters. The van der Waals surface area contributed by atoms with E-state index >= 15 is 0 Å². The molecule has 4 heteroatoms. The van der Waals surface area contributed by atoms with E-state index in [-0.39, 0.29) is 0 Å². The molecule has 1 aliphatic heterocycles. The monoisotopic (exact) mass is 196 g/mol. The zero-order valence-electron chi connectivity index (χ0n) is 9.27. The molecule has 2 rings (SSSR count). The average molecular weight is 196 g/mol. The molecule has 3 atom stereocenters. The van der Waals surface area contributed by atoms with Crippen molar-refractivity contribution in [2.24, 2.45) is 10.3 Å². The molecule has 1 saturated carbocycles. The van der Waals surface area contributed by atoms with E-state index in [1.807, 2.05) is 7.05 Å². The van der Waals surface area contributed by atoms with Crippen molar-refractivity contribution in [2.75, 3.05) is 7.05 Å². The van der Waals surface area contributed by atoms with Gasteiger partial charge in [0, 0.05) is 12.1 Å². The topological polar surface area (TPSA) is 40.0 Å². The van der Waals surface area contributed by atoms with Gasteiger partial charge in [-0.1, -0.05) is 5.22 Å². The van der Waals surface area contributed by atoms with Crippen LogP contribution in [0.1, 0.15) is 33.1 Å². The predicted molar refractivity (Wildman–Crippen MR) is 56.1 cm³/mol. The summed E-state index contributed by atoms with van der Waals surface area (Å²) in [6.07, 6.45) is 3.61. The van der Waals surface area contributed by atoms with Crippen LogP contribution < -0.4 is 5.32 Å². The fourth-order valence-electron chi connectivity index (χ4n) is 2.49. The zero-order chi connectivity index (χ0) is 10.1. The van der Waals surface area contributed by atoms with Gasteiger partial charge in [0.25, 0.3) is 0 Å². The number of nitrogens with one attached hydrogen (secondary N) is 1. The first-order valence-corrected chi connectivity index (χ1v) is 5.58. The molecule has 0 aromatic heterocycles. The highest BCUT2D eigenvalue weighted by atomic mass is 15.6. The first kappa shape index (κ1) is 9.90. The summed E-state index contributed by atoms with van der Waals surface area (Å²) < 4.78 is 0. The average Bonchev–Trinajstić information content (AvgIpc) is 2.59. The predicted octanol–water partition coefficient (Wildman–Crippen LogP) is 1.59. The third kappa shape index (κ3) is 1.63. The van der Waals surface area contributed by atoms with Crippen molar-refractivity contribution in [3.8, 4) is 0 Å². The molecular formula is C10H20N4. The second-order valence-electron chi connectivity index (χ2n) is 4.61. The van der Waals surface area contributed by atoms with Crippen LogP contribution in [0.5, 0.6) is 0 Å². The summed E-state index contributed by atoms with van der Waals surface area (Å²) in [5.41, 5.74) is 0. The van der Waals surface area contributed by atoms with Crippen molar-refractivity contribution in [1.29, 1.82) is 0 Å². The summed E-state index contributed by atoms with van der Waals surface area (Å²) in [5.74, 6) is 0. The van der Waals surface area contributed by atoms with Gasteiger partial charge in [0.15, 0.2) is 0 Å². The Morgan fingerprint density at radius 1 is 1.36 bits per heavy atom. The second-order valence-corrected chi connectivity index (χ2v) is 4.61. The lowest BCUT2D eigenvalue weighted by molar-refractivity contribution is 0.133. The van der Waals surface area contributed by atoms with Gasteiger partial charge in [-0.05, 0) is 40.2 Å². The highest BCUT2D eigenvalue weighted by Gasteiger charge is 2.38. The van der Waals surface area contributed by atoms with Gasteiger partial charge in [-0.25, -0.2) is 0 Å². The number of hydrogen-bond donors (Lipinski definition) is 1.